The number of carbonyl (C=O) groups excluding carboxylic acids is 2. The van der Waals surface area contributed by atoms with Gasteiger partial charge in [-0.1, -0.05) is 12.2 Å². The second-order valence-corrected chi connectivity index (χ2v) is 6.37. The van der Waals surface area contributed by atoms with Crippen LogP contribution in [0.3, 0.4) is 0 Å². The number of piperazine rings is 1. The van der Waals surface area contributed by atoms with E-state index >= 15 is 0 Å². The van der Waals surface area contributed by atoms with Crippen LogP contribution in [0.1, 0.15) is 5.69 Å². The lowest BCUT2D eigenvalue weighted by Gasteiger charge is -2.24. The summed E-state index contributed by atoms with van der Waals surface area (Å²) in [5, 5.41) is 2.02. The molecule has 20 heavy (non-hydrogen) atoms. The van der Waals surface area contributed by atoms with E-state index < -0.39 is 34.9 Å². The van der Waals surface area contributed by atoms with E-state index in [4.69, 9.17) is 18.0 Å². The van der Waals surface area contributed by atoms with Gasteiger partial charge in [-0.3, -0.25) is 19.9 Å². The molecule has 0 aromatic carbocycles. The van der Waals surface area contributed by atoms with Crippen LogP contribution in [0.4, 0.5) is 0 Å². The number of amides is 2. The van der Waals surface area contributed by atoms with E-state index in [1.54, 1.807) is 0 Å². The molecule has 0 spiro atoms. The van der Waals surface area contributed by atoms with E-state index in [0.717, 1.165) is 10.5 Å². The maximum atomic E-state index is 12.2. The lowest BCUT2D eigenvalue weighted by molar-refractivity contribution is -0.134. The molecule has 0 bridgehead atoms. The first kappa shape index (κ1) is 14.5. The number of imide groups is 1. The first-order valence-corrected chi connectivity index (χ1v) is 7.24. The van der Waals surface area contributed by atoms with E-state index in [9.17, 15) is 18.0 Å². The topological polar surface area (TPSA) is 122 Å². The average Bonchev–Trinajstić information content (AvgIpc) is 2.37. The van der Waals surface area contributed by atoms with Gasteiger partial charge >= 0.3 is 0 Å². The van der Waals surface area contributed by atoms with E-state index in [1.165, 1.54) is 12.1 Å². The number of aromatic nitrogens is 1. The molecule has 2 rings (SSSR count). The third-order valence-electron chi connectivity index (χ3n) is 2.55. The van der Waals surface area contributed by atoms with Gasteiger partial charge in [-0.05, 0) is 12.1 Å². The molecule has 10 heteroatoms. The number of nitrogens with two attached hydrogens (primary N) is 1. The molecule has 8 nitrogen and oxygen atoms in total. The first-order valence-electron chi connectivity index (χ1n) is 5.39. The number of rotatable bonds is 3. The van der Waals surface area contributed by atoms with Gasteiger partial charge in [0, 0.05) is 6.20 Å². The van der Waals surface area contributed by atoms with Gasteiger partial charge in [0.15, 0.2) is 0 Å². The van der Waals surface area contributed by atoms with Gasteiger partial charge < -0.3 is 5.73 Å². The average molecular weight is 314 g/mol. The predicted molar refractivity (Wildman–Crippen MR) is 72.0 cm³/mol. The quantitative estimate of drug-likeness (QED) is 0.507. The van der Waals surface area contributed by atoms with Crippen LogP contribution in [0.15, 0.2) is 23.2 Å². The molecular formula is C10H10N4O4S2. The summed E-state index contributed by atoms with van der Waals surface area (Å²) < 4.78 is 25.3. The number of hydrogen-bond donors (Lipinski definition) is 2. The maximum absolute atomic E-state index is 12.2. The second kappa shape index (κ2) is 5.23. The standard InChI is InChI=1S/C10H10N4O4S2/c11-10(19)7-2-1-6(3-12-7)20(17,18)14-4-8(15)13-9(16)5-14/h1-3H,4-5H2,(H2,11,19)(H,13,15,16). The largest absolute Gasteiger partial charge is 0.388 e. The summed E-state index contributed by atoms with van der Waals surface area (Å²) in [6, 6.07) is 2.63. The molecule has 106 valence electrons. The molecule has 0 unspecified atom stereocenters. The van der Waals surface area contributed by atoms with Crippen LogP contribution in [-0.2, 0) is 19.6 Å². The monoisotopic (exact) mass is 314 g/mol. The Kier molecular flexibility index (Phi) is 3.79. The molecule has 2 amide bonds. The zero-order chi connectivity index (χ0) is 14.9. The minimum atomic E-state index is -3.97. The Morgan fingerprint density at radius 1 is 1.30 bits per heavy atom. The zero-order valence-electron chi connectivity index (χ0n) is 10.1. The molecule has 0 aliphatic carbocycles. The molecule has 0 saturated carbocycles. The van der Waals surface area contributed by atoms with Crippen molar-refractivity contribution in [1.82, 2.24) is 14.6 Å². The SMILES string of the molecule is NC(=S)c1ccc(S(=O)(=O)N2CC(=O)NC(=O)C2)cn1. The Hall–Kier alpha value is -1.91. The van der Waals surface area contributed by atoms with Crippen molar-refractivity contribution in [3.63, 3.8) is 0 Å². The summed E-state index contributed by atoms with van der Waals surface area (Å²) in [5.74, 6) is -1.34. The molecule has 1 aromatic heterocycles. The fraction of sp³-hybridized carbons (Fsp3) is 0.200. The highest BCUT2D eigenvalue weighted by Gasteiger charge is 2.33. The number of nitrogens with zero attached hydrogens (tertiary/aromatic N) is 2. The summed E-state index contributed by atoms with van der Waals surface area (Å²) in [5.41, 5.74) is 5.65. The Bertz CT molecular complexity index is 668. The number of carbonyl (C=O) groups is 2. The van der Waals surface area contributed by atoms with Crippen LogP contribution in [0.5, 0.6) is 0 Å². The highest BCUT2D eigenvalue weighted by molar-refractivity contribution is 7.89. The molecule has 3 N–H and O–H groups in total. The Balaban J connectivity index is 2.32. The van der Waals surface area contributed by atoms with Gasteiger partial charge in [-0.2, -0.15) is 4.31 Å². The maximum Gasteiger partial charge on any atom is 0.245 e. The predicted octanol–water partition coefficient (Wildman–Crippen LogP) is -1.64. The lowest BCUT2D eigenvalue weighted by atomic mass is 10.3. The normalized spacial score (nSPS) is 16.8. The summed E-state index contributed by atoms with van der Waals surface area (Å²) in [6.07, 6.45) is 1.08. The molecule has 1 saturated heterocycles. The number of hydrogen-bond acceptors (Lipinski definition) is 6. The van der Waals surface area contributed by atoms with Crippen molar-refractivity contribution < 1.29 is 18.0 Å². The summed E-state index contributed by atoms with van der Waals surface area (Å²) in [4.78, 5) is 26.2. The number of pyridine rings is 1. The van der Waals surface area contributed by atoms with Crippen LogP contribution >= 0.6 is 12.2 Å². The van der Waals surface area contributed by atoms with E-state index in [1.807, 2.05) is 5.32 Å². The van der Waals surface area contributed by atoms with E-state index in [2.05, 4.69) is 4.98 Å². The molecule has 0 atom stereocenters. The lowest BCUT2D eigenvalue weighted by Crippen LogP contribution is -2.53. The first-order chi connectivity index (χ1) is 9.30. The van der Waals surface area contributed by atoms with E-state index in [-0.39, 0.29) is 15.6 Å². The Morgan fingerprint density at radius 2 is 1.90 bits per heavy atom. The van der Waals surface area contributed by atoms with Crippen LogP contribution in [-0.4, -0.2) is 47.6 Å². The fourth-order valence-electron chi connectivity index (χ4n) is 1.61. The van der Waals surface area contributed by atoms with Crippen molar-refractivity contribution in [2.45, 2.75) is 4.90 Å². The van der Waals surface area contributed by atoms with Crippen LogP contribution in [0.25, 0.3) is 0 Å². The number of thiocarbonyl (C=S) groups is 1. The third kappa shape index (κ3) is 2.81. The smallest absolute Gasteiger partial charge is 0.245 e. The highest BCUT2D eigenvalue weighted by atomic mass is 32.2. The Morgan fingerprint density at radius 3 is 2.35 bits per heavy atom. The van der Waals surface area contributed by atoms with Crippen molar-refractivity contribution in [1.29, 1.82) is 0 Å². The zero-order valence-corrected chi connectivity index (χ0v) is 11.7. The molecule has 1 aliphatic rings. The van der Waals surface area contributed by atoms with Gasteiger partial charge in [0.1, 0.15) is 9.88 Å². The van der Waals surface area contributed by atoms with Crippen LogP contribution in [0, 0.1) is 0 Å². The molecule has 1 aromatic rings. The van der Waals surface area contributed by atoms with Crippen molar-refractivity contribution >= 4 is 39.0 Å². The van der Waals surface area contributed by atoms with Crippen LogP contribution < -0.4 is 11.1 Å². The number of sulfonamides is 1. The van der Waals surface area contributed by atoms with Crippen molar-refractivity contribution in [3.05, 3.63) is 24.0 Å². The van der Waals surface area contributed by atoms with Crippen molar-refractivity contribution in [2.24, 2.45) is 5.73 Å². The van der Waals surface area contributed by atoms with Crippen molar-refractivity contribution in [3.8, 4) is 0 Å². The third-order valence-corrected chi connectivity index (χ3v) is 4.53. The summed E-state index contributed by atoms with van der Waals surface area (Å²) >= 11 is 4.71. The Labute approximate surface area is 120 Å². The summed E-state index contributed by atoms with van der Waals surface area (Å²) in [7, 11) is -3.97. The van der Waals surface area contributed by atoms with Gasteiger partial charge in [-0.15, -0.1) is 0 Å². The fourth-order valence-corrected chi connectivity index (χ4v) is 3.03. The van der Waals surface area contributed by atoms with Gasteiger partial charge in [0.2, 0.25) is 21.8 Å². The highest BCUT2D eigenvalue weighted by Crippen LogP contribution is 2.15. The van der Waals surface area contributed by atoms with Crippen molar-refractivity contribution in [2.75, 3.05) is 13.1 Å². The van der Waals surface area contributed by atoms with Gasteiger partial charge in [0.05, 0.1) is 18.8 Å². The molecular weight excluding hydrogens is 304 g/mol. The number of nitrogens with one attached hydrogen (secondary N) is 1. The van der Waals surface area contributed by atoms with Gasteiger partial charge in [0.25, 0.3) is 0 Å². The molecule has 0 radical (unpaired) electrons. The van der Waals surface area contributed by atoms with Crippen LogP contribution in [0.2, 0.25) is 0 Å². The molecule has 1 aliphatic heterocycles. The molecule has 1 fully saturated rings. The minimum Gasteiger partial charge on any atom is -0.388 e. The minimum absolute atomic E-state index is 0.0430. The van der Waals surface area contributed by atoms with Gasteiger partial charge in [-0.25, -0.2) is 8.42 Å². The molecule has 2 heterocycles. The second-order valence-electron chi connectivity index (χ2n) is 3.99. The van der Waals surface area contributed by atoms with E-state index in [0.29, 0.717) is 0 Å². The summed E-state index contributed by atoms with van der Waals surface area (Å²) in [6.45, 7) is -0.823.